The van der Waals surface area contributed by atoms with Crippen molar-refractivity contribution in [1.82, 2.24) is 9.78 Å². The molecule has 0 amide bonds. The summed E-state index contributed by atoms with van der Waals surface area (Å²) in [5.74, 6) is -1.09. The summed E-state index contributed by atoms with van der Waals surface area (Å²) in [6.45, 7) is 1.82. The third-order valence-corrected chi connectivity index (χ3v) is 3.72. The first-order valence-electron chi connectivity index (χ1n) is 5.72. The fraction of sp³-hybridized carbons (Fsp3) is 0.231. The summed E-state index contributed by atoms with van der Waals surface area (Å²) in [6.07, 6.45) is 1.92. The molecule has 2 rings (SSSR count). The summed E-state index contributed by atoms with van der Waals surface area (Å²) in [5.41, 5.74) is 2.28. The molecule has 1 aromatic heterocycles. The summed E-state index contributed by atoms with van der Waals surface area (Å²) in [5, 5.41) is 22.2. The van der Waals surface area contributed by atoms with Crippen LogP contribution < -0.4 is 0 Å². The fourth-order valence-corrected chi connectivity index (χ4v) is 2.22. The van der Waals surface area contributed by atoms with Crippen LogP contribution in [0.15, 0.2) is 28.9 Å². The van der Waals surface area contributed by atoms with Gasteiger partial charge in [-0.05, 0) is 31.0 Å². The van der Waals surface area contributed by atoms with Crippen LogP contribution in [0.1, 0.15) is 21.6 Å². The molecule has 0 aliphatic rings. The first-order valence-corrected chi connectivity index (χ1v) is 6.52. The molecule has 0 saturated heterocycles. The molecule has 0 aliphatic carbocycles. The maximum Gasteiger partial charge on any atom is 0.356 e. The summed E-state index contributed by atoms with van der Waals surface area (Å²) < 4.78 is 2.47. The lowest BCUT2D eigenvalue weighted by Crippen LogP contribution is -2.04. The van der Waals surface area contributed by atoms with Crippen molar-refractivity contribution in [1.29, 1.82) is 0 Å². The van der Waals surface area contributed by atoms with Gasteiger partial charge in [0.1, 0.15) is 0 Å². The van der Waals surface area contributed by atoms with E-state index in [0.29, 0.717) is 5.56 Å². The minimum absolute atomic E-state index is 0.0200. The predicted octanol–water partition coefficient (Wildman–Crippen LogP) is 2.18. The van der Waals surface area contributed by atoms with Gasteiger partial charge in [-0.15, -0.1) is 0 Å². The maximum absolute atomic E-state index is 11.1. The Kier molecular flexibility index (Phi) is 4.01. The first-order chi connectivity index (χ1) is 9.04. The molecule has 2 N–H and O–H groups in total. The number of halogens is 1. The van der Waals surface area contributed by atoms with E-state index in [9.17, 15) is 4.79 Å². The van der Waals surface area contributed by atoms with Crippen molar-refractivity contribution in [2.75, 3.05) is 6.61 Å². The molecule has 0 unspecified atom stereocenters. The normalized spacial score (nSPS) is 10.7. The smallest absolute Gasteiger partial charge is 0.356 e. The van der Waals surface area contributed by atoms with E-state index in [1.54, 1.807) is 6.20 Å². The molecule has 0 fully saturated rings. The number of aromatic nitrogens is 2. The lowest BCUT2D eigenvalue weighted by Gasteiger charge is -2.06. The number of hydrogen-bond acceptors (Lipinski definition) is 3. The number of carboxylic acid groups (broad SMARTS) is 1. The highest BCUT2D eigenvalue weighted by molar-refractivity contribution is 9.10. The molecule has 0 atom stereocenters. The van der Waals surface area contributed by atoms with Crippen LogP contribution in [-0.4, -0.2) is 32.6 Å². The van der Waals surface area contributed by atoms with Crippen molar-refractivity contribution in [3.05, 3.63) is 45.7 Å². The molecule has 1 heterocycles. The zero-order valence-corrected chi connectivity index (χ0v) is 11.9. The molecule has 0 bridgehead atoms. The second-order valence-electron chi connectivity index (χ2n) is 4.11. The zero-order chi connectivity index (χ0) is 14.0. The summed E-state index contributed by atoms with van der Waals surface area (Å²) in [6, 6.07) is 5.64. The predicted molar refractivity (Wildman–Crippen MR) is 73.8 cm³/mol. The van der Waals surface area contributed by atoms with Crippen molar-refractivity contribution in [3.63, 3.8) is 0 Å². The molecule has 0 radical (unpaired) electrons. The van der Waals surface area contributed by atoms with Crippen LogP contribution in [0.25, 0.3) is 5.69 Å². The van der Waals surface area contributed by atoms with Gasteiger partial charge < -0.3 is 10.2 Å². The van der Waals surface area contributed by atoms with Gasteiger partial charge in [-0.3, -0.25) is 0 Å². The molecule has 5 nitrogen and oxygen atoms in total. The van der Waals surface area contributed by atoms with Gasteiger partial charge in [-0.2, -0.15) is 5.10 Å². The van der Waals surface area contributed by atoms with E-state index in [-0.39, 0.29) is 18.7 Å². The van der Waals surface area contributed by atoms with Gasteiger partial charge in [0, 0.05) is 22.8 Å². The summed E-state index contributed by atoms with van der Waals surface area (Å²) in [7, 11) is 0. The Bertz CT molecular complexity index is 622. The molecule has 2 aromatic rings. The van der Waals surface area contributed by atoms with Crippen molar-refractivity contribution >= 4 is 21.9 Å². The van der Waals surface area contributed by atoms with E-state index >= 15 is 0 Å². The zero-order valence-electron chi connectivity index (χ0n) is 10.3. The van der Waals surface area contributed by atoms with Gasteiger partial charge in [-0.1, -0.05) is 22.0 Å². The van der Waals surface area contributed by atoms with Crippen LogP contribution in [0.2, 0.25) is 0 Å². The third-order valence-electron chi connectivity index (χ3n) is 2.86. The minimum Gasteiger partial charge on any atom is -0.476 e. The lowest BCUT2D eigenvalue weighted by atomic mass is 10.2. The Balaban J connectivity index is 2.54. The monoisotopic (exact) mass is 324 g/mol. The molecule has 0 spiro atoms. The Hall–Kier alpha value is -1.66. The number of nitrogens with zero attached hydrogens (tertiary/aromatic N) is 2. The largest absolute Gasteiger partial charge is 0.476 e. The number of hydrogen-bond donors (Lipinski definition) is 2. The molecule has 19 heavy (non-hydrogen) atoms. The van der Waals surface area contributed by atoms with Crippen LogP contribution in [0, 0.1) is 6.92 Å². The van der Waals surface area contributed by atoms with E-state index < -0.39 is 5.97 Å². The van der Waals surface area contributed by atoms with Gasteiger partial charge in [0.15, 0.2) is 5.69 Å². The Morgan fingerprint density at radius 3 is 2.84 bits per heavy atom. The molecule has 1 aromatic carbocycles. The Morgan fingerprint density at radius 2 is 2.21 bits per heavy atom. The van der Waals surface area contributed by atoms with E-state index in [4.69, 9.17) is 10.2 Å². The van der Waals surface area contributed by atoms with Crippen molar-refractivity contribution < 1.29 is 15.0 Å². The van der Waals surface area contributed by atoms with Gasteiger partial charge in [-0.25, -0.2) is 9.48 Å². The molecule has 6 heteroatoms. The van der Waals surface area contributed by atoms with E-state index in [1.807, 2.05) is 25.1 Å². The summed E-state index contributed by atoms with van der Waals surface area (Å²) in [4.78, 5) is 11.1. The highest BCUT2D eigenvalue weighted by Gasteiger charge is 2.17. The Morgan fingerprint density at radius 1 is 1.47 bits per heavy atom. The average molecular weight is 325 g/mol. The van der Waals surface area contributed by atoms with Crippen LogP contribution in [0.5, 0.6) is 0 Å². The number of aromatic carboxylic acids is 1. The van der Waals surface area contributed by atoms with E-state index in [1.165, 1.54) is 4.68 Å². The summed E-state index contributed by atoms with van der Waals surface area (Å²) >= 11 is 3.43. The van der Waals surface area contributed by atoms with E-state index in [2.05, 4.69) is 21.0 Å². The molecule has 0 aliphatic heterocycles. The van der Waals surface area contributed by atoms with Gasteiger partial charge in [0.25, 0.3) is 0 Å². The highest BCUT2D eigenvalue weighted by Crippen LogP contribution is 2.23. The van der Waals surface area contributed by atoms with Crippen molar-refractivity contribution in [2.45, 2.75) is 13.3 Å². The van der Waals surface area contributed by atoms with E-state index in [0.717, 1.165) is 15.7 Å². The van der Waals surface area contributed by atoms with Gasteiger partial charge in [0.2, 0.25) is 0 Å². The SMILES string of the molecule is Cc1c(Br)cccc1-n1cc(CCO)c(C(=O)O)n1. The maximum atomic E-state index is 11.1. The van der Waals surface area contributed by atoms with Crippen LogP contribution in [0.4, 0.5) is 0 Å². The molecule has 0 saturated carbocycles. The molecular formula is C13H13BrN2O3. The number of benzene rings is 1. The van der Waals surface area contributed by atoms with Gasteiger partial charge >= 0.3 is 5.97 Å². The lowest BCUT2D eigenvalue weighted by molar-refractivity contribution is 0.0688. The highest BCUT2D eigenvalue weighted by atomic mass is 79.9. The fourth-order valence-electron chi connectivity index (χ4n) is 1.86. The number of rotatable bonds is 4. The van der Waals surface area contributed by atoms with Crippen molar-refractivity contribution in [2.24, 2.45) is 0 Å². The number of carbonyl (C=O) groups is 1. The second kappa shape index (κ2) is 5.54. The standard InChI is InChI=1S/C13H13BrN2O3/c1-8-10(14)3-2-4-11(8)16-7-9(5-6-17)12(15-16)13(18)19/h2-4,7,17H,5-6H2,1H3,(H,18,19). The van der Waals surface area contributed by atoms with Crippen LogP contribution >= 0.6 is 15.9 Å². The number of aliphatic hydroxyl groups excluding tert-OH is 1. The Labute approximate surface area is 118 Å². The van der Waals surface area contributed by atoms with Crippen LogP contribution in [-0.2, 0) is 6.42 Å². The average Bonchev–Trinajstić information content (AvgIpc) is 2.77. The quantitative estimate of drug-likeness (QED) is 0.903. The number of aliphatic hydroxyl groups is 1. The number of carboxylic acids is 1. The van der Waals surface area contributed by atoms with Crippen LogP contribution in [0.3, 0.4) is 0 Å². The minimum atomic E-state index is -1.09. The molecule has 100 valence electrons. The molecular weight excluding hydrogens is 312 g/mol. The third kappa shape index (κ3) is 2.69. The van der Waals surface area contributed by atoms with Gasteiger partial charge in [0.05, 0.1) is 5.69 Å². The van der Waals surface area contributed by atoms with Crippen molar-refractivity contribution in [3.8, 4) is 5.69 Å². The first kappa shape index (κ1) is 13.8. The topological polar surface area (TPSA) is 75.4 Å². The second-order valence-corrected chi connectivity index (χ2v) is 4.96.